The molecule has 1 heterocycles. The quantitative estimate of drug-likeness (QED) is 0.913. The molecule has 0 aliphatic carbocycles. The van der Waals surface area contributed by atoms with Crippen LogP contribution in [-0.4, -0.2) is 20.2 Å². The number of halogens is 2. The summed E-state index contributed by atoms with van der Waals surface area (Å²) in [6.45, 7) is 0.366. The summed E-state index contributed by atoms with van der Waals surface area (Å²) in [5.41, 5.74) is 0.689. The molecule has 0 spiro atoms. The summed E-state index contributed by atoms with van der Waals surface area (Å²) in [5.74, 6) is 0.0293. The lowest BCUT2D eigenvalue weighted by Gasteiger charge is -2.10. The van der Waals surface area contributed by atoms with E-state index in [1.165, 1.54) is 17.5 Å². The van der Waals surface area contributed by atoms with Gasteiger partial charge >= 0.3 is 0 Å². The van der Waals surface area contributed by atoms with Crippen molar-refractivity contribution >= 4 is 9.84 Å². The van der Waals surface area contributed by atoms with Crippen molar-refractivity contribution in [2.24, 2.45) is 0 Å². The van der Waals surface area contributed by atoms with Crippen molar-refractivity contribution in [3.05, 3.63) is 46.9 Å². The fourth-order valence-corrected chi connectivity index (χ4v) is 3.06. The van der Waals surface area contributed by atoms with Crippen molar-refractivity contribution in [3.8, 4) is 0 Å². The molecule has 1 aliphatic heterocycles. The van der Waals surface area contributed by atoms with Crippen LogP contribution in [0.15, 0.2) is 35.7 Å². The van der Waals surface area contributed by atoms with Crippen LogP contribution in [0, 0.1) is 0 Å². The summed E-state index contributed by atoms with van der Waals surface area (Å²) in [4.78, 5) is 0. The number of sulfone groups is 1. The second kappa shape index (κ2) is 5.16. The van der Waals surface area contributed by atoms with E-state index < -0.39 is 16.3 Å². The van der Waals surface area contributed by atoms with Crippen LogP contribution in [0.2, 0.25) is 0 Å². The minimum absolute atomic E-state index is 0.0242. The number of nitrogens with one attached hydrogen (secondary N) is 1. The average Bonchev–Trinajstić information content (AvgIpc) is 2.67. The molecule has 1 unspecified atom stereocenters. The summed E-state index contributed by atoms with van der Waals surface area (Å²) >= 11 is 0. The predicted molar refractivity (Wildman–Crippen MR) is 65.0 cm³/mol. The highest BCUT2D eigenvalue weighted by Gasteiger charge is 2.20. The SMILES string of the molecule is O=S1(=O)C=CC(NCc2cccc(C(F)F)c2)C1. The van der Waals surface area contributed by atoms with E-state index in [1.807, 2.05) is 0 Å². The van der Waals surface area contributed by atoms with Crippen LogP contribution in [0.3, 0.4) is 0 Å². The third-order valence-corrected chi connectivity index (χ3v) is 4.10. The first-order valence-electron chi connectivity index (χ1n) is 5.47. The summed E-state index contributed by atoms with van der Waals surface area (Å²) in [7, 11) is -3.08. The normalized spacial score (nSPS) is 21.6. The zero-order valence-corrected chi connectivity index (χ0v) is 10.3. The largest absolute Gasteiger partial charge is 0.305 e. The van der Waals surface area contributed by atoms with E-state index in [-0.39, 0.29) is 17.4 Å². The van der Waals surface area contributed by atoms with E-state index in [4.69, 9.17) is 0 Å². The molecule has 1 atom stereocenters. The Bertz CT molecular complexity index is 555. The average molecular weight is 273 g/mol. The summed E-state index contributed by atoms with van der Waals surface area (Å²) in [5, 5.41) is 4.19. The molecule has 0 aromatic heterocycles. The van der Waals surface area contributed by atoms with Crippen molar-refractivity contribution in [3.63, 3.8) is 0 Å². The maximum Gasteiger partial charge on any atom is 0.263 e. The number of hydrogen-bond acceptors (Lipinski definition) is 3. The maximum atomic E-state index is 12.5. The molecular formula is C12H13F2NO2S. The Morgan fingerprint density at radius 3 is 2.78 bits per heavy atom. The molecule has 98 valence electrons. The highest BCUT2D eigenvalue weighted by molar-refractivity contribution is 7.94. The molecule has 1 aromatic rings. The van der Waals surface area contributed by atoms with Crippen LogP contribution in [-0.2, 0) is 16.4 Å². The zero-order valence-electron chi connectivity index (χ0n) is 9.51. The second-order valence-electron chi connectivity index (χ2n) is 4.19. The number of rotatable bonds is 4. The van der Waals surface area contributed by atoms with Gasteiger partial charge in [-0.25, -0.2) is 17.2 Å². The first-order chi connectivity index (χ1) is 8.46. The highest BCUT2D eigenvalue weighted by atomic mass is 32.2. The van der Waals surface area contributed by atoms with Gasteiger partial charge in [-0.15, -0.1) is 0 Å². The molecule has 1 aliphatic rings. The van der Waals surface area contributed by atoms with Crippen LogP contribution >= 0.6 is 0 Å². The van der Waals surface area contributed by atoms with Crippen molar-refractivity contribution in [2.45, 2.75) is 19.0 Å². The zero-order chi connectivity index (χ0) is 13.2. The van der Waals surface area contributed by atoms with E-state index in [0.717, 1.165) is 0 Å². The fourth-order valence-electron chi connectivity index (χ4n) is 1.79. The first kappa shape index (κ1) is 13.2. The molecule has 0 fully saturated rings. The molecule has 3 nitrogen and oxygen atoms in total. The van der Waals surface area contributed by atoms with Gasteiger partial charge in [-0.05, 0) is 11.6 Å². The molecule has 0 saturated carbocycles. The lowest BCUT2D eigenvalue weighted by atomic mass is 10.1. The van der Waals surface area contributed by atoms with E-state index in [2.05, 4.69) is 5.32 Å². The lowest BCUT2D eigenvalue weighted by Crippen LogP contribution is -2.29. The van der Waals surface area contributed by atoms with Crippen LogP contribution < -0.4 is 5.32 Å². The molecule has 1 N–H and O–H groups in total. The topological polar surface area (TPSA) is 46.2 Å². The van der Waals surface area contributed by atoms with Crippen LogP contribution in [0.1, 0.15) is 17.6 Å². The monoisotopic (exact) mass is 273 g/mol. The van der Waals surface area contributed by atoms with Crippen LogP contribution in [0.25, 0.3) is 0 Å². The van der Waals surface area contributed by atoms with Crippen molar-refractivity contribution in [2.75, 3.05) is 5.75 Å². The lowest BCUT2D eigenvalue weighted by molar-refractivity contribution is 0.151. The van der Waals surface area contributed by atoms with Gasteiger partial charge in [0.15, 0.2) is 9.84 Å². The predicted octanol–water partition coefficient (Wildman–Crippen LogP) is 2.02. The van der Waals surface area contributed by atoms with E-state index in [1.54, 1.807) is 18.2 Å². The van der Waals surface area contributed by atoms with Gasteiger partial charge in [-0.1, -0.05) is 24.3 Å². The minimum atomic E-state index is -3.08. The summed E-state index contributed by atoms with van der Waals surface area (Å²) in [6.07, 6.45) is -0.913. The van der Waals surface area contributed by atoms with Crippen LogP contribution in [0.4, 0.5) is 8.78 Å². The van der Waals surface area contributed by atoms with E-state index in [9.17, 15) is 17.2 Å². The molecule has 0 amide bonds. The standard InChI is InChI=1S/C12H13F2NO2S/c13-12(14)10-3-1-2-9(6-10)7-15-11-4-5-18(16,17)8-11/h1-6,11-12,15H,7-8H2. The third-order valence-electron chi connectivity index (χ3n) is 2.70. The summed E-state index contributed by atoms with van der Waals surface area (Å²) < 4.78 is 47.3. The molecule has 0 bridgehead atoms. The number of benzene rings is 1. The first-order valence-corrected chi connectivity index (χ1v) is 7.19. The fraction of sp³-hybridized carbons (Fsp3) is 0.333. The van der Waals surface area contributed by atoms with E-state index >= 15 is 0 Å². The van der Waals surface area contributed by atoms with Gasteiger partial charge in [0.2, 0.25) is 0 Å². The Hall–Kier alpha value is -1.27. The van der Waals surface area contributed by atoms with Crippen LogP contribution in [0.5, 0.6) is 0 Å². The van der Waals surface area contributed by atoms with Crippen molar-refractivity contribution < 1.29 is 17.2 Å². The Kier molecular flexibility index (Phi) is 3.77. The van der Waals surface area contributed by atoms with E-state index in [0.29, 0.717) is 12.1 Å². The summed E-state index contributed by atoms with van der Waals surface area (Å²) in [6, 6.07) is 5.84. The Labute approximate surface area is 104 Å². The molecular weight excluding hydrogens is 260 g/mol. The highest BCUT2D eigenvalue weighted by Crippen LogP contribution is 2.19. The Morgan fingerprint density at radius 2 is 2.17 bits per heavy atom. The molecule has 0 saturated heterocycles. The minimum Gasteiger partial charge on any atom is -0.305 e. The number of hydrogen-bond donors (Lipinski definition) is 1. The van der Waals surface area contributed by atoms with Gasteiger partial charge in [-0.3, -0.25) is 0 Å². The van der Waals surface area contributed by atoms with Crippen molar-refractivity contribution in [1.29, 1.82) is 0 Å². The van der Waals surface area contributed by atoms with Gasteiger partial charge in [-0.2, -0.15) is 0 Å². The molecule has 18 heavy (non-hydrogen) atoms. The molecule has 2 rings (SSSR count). The van der Waals surface area contributed by atoms with Gasteiger partial charge < -0.3 is 5.32 Å². The Balaban J connectivity index is 1.95. The molecule has 1 aromatic carbocycles. The van der Waals surface area contributed by atoms with Gasteiger partial charge in [0.1, 0.15) is 0 Å². The second-order valence-corrected chi connectivity index (χ2v) is 6.12. The Morgan fingerprint density at radius 1 is 1.39 bits per heavy atom. The molecule has 0 radical (unpaired) electrons. The van der Waals surface area contributed by atoms with Gasteiger partial charge in [0.05, 0.1) is 5.75 Å². The maximum absolute atomic E-state index is 12.5. The van der Waals surface area contributed by atoms with Crippen molar-refractivity contribution in [1.82, 2.24) is 5.32 Å². The number of alkyl halides is 2. The van der Waals surface area contributed by atoms with Gasteiger partial charge in [0, 0.05) is 23.6 Å². The third kappa shape index (κ3) is 3.36. The molecule has 6 heteroatoms. The smallest absolute Gasteiger partial charge is 0.263 e. The van der Waals surface area contributed by atoms with Gasteiger partial charge in [0.25, 0.3) is 6.43 Å².